The van der Waals surface area contributed by atoms with Gasteiger partial charge in [0, 0.05) is 29.2 Å². The molecule has 5 rings (SSSR count). The van der Waals surface area contributed by atoms with Gasteiger partial charge < -0.3 is 4.74 Å². The fraction of sp³-hybridized carbons (Fsp3) is 0.192. The van der Waals surface area contributed by atoms with Crippen LogP contribution < -0.4 is 10.4 Å². The van der Waals surface area contributed by atoms with Crippen LogP contribution in [-0.4, -0.2) is 41.9 Å². The van der Waals surface area contributed by atoms with E-state index in [9.17, 15) is 4.79 Å². The summed E-state index contributed by atoms with van der Waals surface area (Å²) in [5.41, 5.74) is 4.72. The van der Waals surface area contributed by atoms with Crippen molar-refractivity contribution in [1.29, 1.82) is 0 Å². The number of hydrogen-bond acceptors (Lipinski definition) is 6. The van der Waals surface area contributed by atoms with Crippen LogP contribution in [0.1, 0.15) is 24.6 Å². The number of nitrogens with zero attached hydrogens (tertiary/aromatic N) is 6. The number of rotatable bonds is 8. The fourth-order valence-corrected chi connectivity index (χ4v) is 4.51. The summed E-state index contributed by atoms with van der Waals surface area (Å²) >= 11 is 6.47. The first-order chi connectivity index (χ1) is 17.6. The molecule has 0 radical (unpaired) electrons. The van der Waals surface area contributed by atoms with Crippen LogP contribution in [0.3, 0.4) is 0 Å². The van der Waals surface area contributed by atoms with E-state index < -0.39 is 0 Å². The van der Waals surface area contributed by atoms with Crippen molar-refractivity contribution in [1.82, 2.24) is 34.7 Å². The molecule has 0 fully saturated rings. The van der Waals surface area contributed by atoms with E-state index in [1.54, 1.807) is 40.6 Å². The van der Waals surface area contributed by atoms with Gasteiger partial charge in [0.05, 0.1) is 24.4 Å². The van der Waals surface area contributed by atoms with Gasteiger partial charge in [-0.25, -0.2) is 9.89 Å². The summed E-state index contributed by atoms with van der Waals surface area (Å²) in [6.07, 6.45) is 5.28. The van der Waals surface area contributed by atoms with Crippen molar-refractivity contribution in [2.75, 3.05) is 7.11 Å². The highest BCUT2D eigenvalue weighted by Gasteiger charge is 2.18. The zero-order valence-electron chi connectivity index (χ0n) is 19.8. The monoisotopic (exact) mass is 501 g/mol. The van der Waals surface area contributed by atoms with E-state index in [-0.39, 0.29) is 5.69 Å². The van der Waals surface area contributed by atoms with E-state index in [1.165, 1.54) is 0 Å². The predicted molar refractivity (Wildman–Crippen MR) is 138 cm³/mol. The molecule has 182 valence electrons. The lowest BCUT2D eigenvalue weighted by Gasteiger charge is -2.10. The minimum Gasteiger partial charge on any atom is -0.494 e. The van der Waals surface area contributed by atoms with E-state index in [1.807, 2.05) is 42.6 Å². The highest BCUT2D eigenvalue weighted by Crippen LogP contribution is 2.30. The number of aryl methyl sites for hydroxylation is 1. The van der Waals surface area contributed by atoms with Crippen LogP contribution in [0.25, 0.3) is 28.3 Å². The van der Waals surface area contributed by atoms with Crippen molar-refractivity contribution in [3.05, 3.63) is 93.8 Å². The summed E-state index contributed by atoms with van der Waals surface area (Å²) in [6.45, 7) is 2.47. The number of benzene rings is 2. The Kier molecular flexibility index (Phi) is 6.64. The lowest BCUT2D eigenvalue weighted by Crippen LogP contribution is -2.25. The summed E-state index contributed by atoms with van der Waals surface area (Å²) in [5.74, 6) is 1.11. The molecule has 10 heteroatoms. The number of H-pyrrole nitrogens is 1. The number of aromatic amines is 1. The van der Waals surface area contributed by atoms with Crippen molar-refractivity contribution < 1.29 is 4.74 Å². The lowest BCUT2D eigenvalue weighted by atomic mass is 10.0. The molecule has 9 nitrogen and oxygen atoms in total. The van der Waals surface area contributed by atoms with Crippen LogP contribution in [0.15, 0.2) is 71.8 Å². The highest BCUT2D eigenvalue weighted by atomic mass is 35.5. The Balaban J connectivity index is 1.50. The second-order valence-electron chi connectivity index (χ2n) is 8.25. The van der Waals surface area contributed by atoms with Crippen LogP contribution in [-0.2, 0) is 13.0 Å². The zero-order valence-corrected chi connectivity index (χ0v) is 20.6. The third-order valence-electron chi connectivity index (χ3n) is 5.95. The van der Waals surface area contributed by atoms with E-state index >= 15 is 0 Å². The van der Waals surface area contributed by atoms with Crippen LogP contribution in [0.2, 0.25) is 5.02 Å². The lowest BCUT2D eigenvalue weighted by molar-refractivity contribution is 0.412. The molecular weight excluding hydrogens is 478 g/mol. The quantitative estimate of drug-likeness (QED) is 0.334. The average Bonchev–Trinajstić information content (AvgIpc) is 3.54. The molecule has 0 aliphatic rings. The first kappa shape index (κ1) is 23.5. The number of ether oxygens (including phenoxy) is 1. The standard InChI is InChI=1S/C26H24ClN7O2/c1-3-7-18-16-34(24-21(27)10-6-11-23(24)36-2)26(35)33(18)15-17-12-13-22(28-14-17)19-8-4-5-9-20(19)25-29-31-32-30-25/h4-6,8-14,16H,3,7,15H2,1-2H3,(H,29,30,31,32). The highest BCUT2D eigenvalue weighted by molar-refractivity contribution is 6.32. The van der Waals surface area contributed by atoms with E-state index in [0.29, 0.717) is 28.8 Å². The molecule has 3 heterocycles. The van der Waals surface area contributed by atoms with Crippen molar-refractivity contribution >= 4 is 11.6 Å². The molecule has 0 saturated heterocycles. The normalized spacial score (nSPS) is 11.1. The average molecular weight is 502 g/mol. The van der Waals surface area contributed by atoms with Gasteiger partial charge in [0.1, 0.15) is 11.4 Å². The molecule has 0 aliphatic carbocycles. The van der Waals surface area contributed by atoms with Gasteiger partial charge in [0.25, 0.3) is 0 Å². The molecule has 36 heavy (non-hydrogen) atoms. The Morgan fingerprint density at radius 3 is 2.58 bits per heavy atom. The molecule has 0 saturated carbocycles. The Morgan fingerprint density at radius 2 is 1.89 bits per heavy atom. The summed E-state index contributed by atoms with van der Waals surface area (Å²) in [6, 6.07) is 17.0. The van der Waals surface area contributed by atoms with Gasteiger partial charge in [-0.3, -0.25) is 14.1 Å². The van der Waals surface area contributed by atoms with Crippen LogP contribution in [0.4, 0.5) is 0 Å². The molecular formula is C26H24ClN7O2. The van der Waals surface area contributed by atoms with E-state index in [0.717, 1.165) is 40.9 Å². The molecule has 2 aromatic carbocycles. The van der Waals surface area contributed by atoms with Crippen molar-refractivity contribution in [3.63, 3.8) is 0 Å². The van der Waals surface area contributed by atoms with Gasteiger partial charge in [-0.2, -0.15) is 0 Å². The summed E-state index contributed by atoms with van der Waals surface area (Å²) in [4.78, 5) is 18.2. The summed E-state index contributed by atoms with van der Waals surface area (Å²) in [7, 11) is 1.56. The van der Waals surface area contributed by atoms with E-state index in [2.05, 4.69) is 32.5 Å². The van der Waals surface area contributed by atoms with Crippen molar-refractivity contribution in [2.45, 2.75) is 26.3 Å². The Morgan fingerprint density at radius 1 is 1.06 bits per heavy atom. The van der Waals surface area contributed by atoms with Gasteiger partial charge in [-0.15, -0.1) is 5.10 Å². The first-order valence-corrected chi connectivity index (χ1v) is 11.9. The molecule has 0 bridgehead atoms. The van der Waals surface area contributed by atoms with Gasteiger partial charge in [0.15, 0.2) is 5.82 Å². The first-order valence-electron chi connectivity index (χ1n) is 11.5. The number of para-hydroxylation sites is 1. The Hall–Kier alpha value is -4.24. The zero-order chi connectivity index (χ0) is 25.1. The molecule has 1 N–H and O–H groups in total. The number of halogens is 1. The van der Waals surface area contributed by atoms with E-state index in [4.69, 9.17) is 16.3 Å². The van der Waals surface area contributed by atoms with Crippen LogP contribution in [0.5, 0.6) is 5.75 Å². The largest absolute Gasteiger partial charge is 0.494 e. The number of nitrogens with one attached hydrogen (secondary N) is 1. The molecule has 0 spiro atoms. The Bertz CT molecular complexity index is 1540. The predicted octanol–water partition coefficient (Wildman–Crippen LogP) is 4.54. The second-order valence-corrected chi connectivity index (χ2v) is 8.65. The number of imidazole rings is 1. The molecule has 3 aromatic heterocycles. The van der Waals surface area contributed by atoms with Crippen LogP contribution >= 0.6 is 11.6 Å². The maximum Gasteiger partial charge on any atom is 0.333 e. The van der Waals surface area contributed by atoms with Gasteiger partial charge in [-0.05, 0) is 40.6 Å². The third-order valence-corrected chi connectivity index (χ3v) is 6.25. The molecule has 5 aromatic rings. The van der Waals surface area contributed by atoms with Crippen molar-refractivity contribution in [2.24, 2.45) is 0 Å². The summed E-state index contributed by atoms with van der Waals surface area (Å²) in [5, 5.41) is 14.6. The smallest absolute Gasteiger partial charge is 0.333 e. The molecule has 0 atom stereocenters. The minimum atomic E-state index is -0.183. The maximum atomic E-state index is 13.5. The van der Waals surface area contributed by atoms with Gasteiger partial charge in [0.2, 0.25) is 0 Å². The fourth-order valence-electron chi connectivity index (χ4n) is 4.25. The number of methoxy groups -OCH3 is 1. The third kappa shape index (κ3) is 4.40. The Labute approximate surface area is 212 Å². The van der Waals surface area contributed by atoms with Gasteiger partial charge in [-0.1, -0.05) is 61.3 Å². The SMILES string of the molecule is CCCc1cn(-c2c(Cl)cccc2OC)c(=O)n1Cc1ccc(-c2ccccc2-c2nnn[nH]2)nc1. The molecule has 0 unspecified atom stereocenters. The van der Waals surface area contributed by atoms with Crippen LogP contribution in [0, 0.1) is 0 Å². The number of hydrogen-bond donors (Lipinski definition) is 1. The minimum absolute atomic E-state index is 0.183. The number of tetrazole rings is 1. The molecule has 0 aliphatic heterocycles. The topological polar surface area (TPSA) is 104 Å². The maximum absolute atomic E-state index is 13.5. The molecule has 0 amide bonds. The van der Waals surface area contributed by atoms with Crippen molar-refractivity contribution in [3.8, 4) is 34.1 Å². The second kappa shape index (κ2) is 10.2. The van der Waals surface area contributed by atoms with Gasteiger partial charge >= 0.3 is 5.69 Å². The summed E-state index contributed by atoms with van der Waals surface area (Å²) < 4.78 is 8.80. The number of pyridine rings is 1. The number of aromatic nitrogens is 7.